The molecule has 1 unspecified atom stereocenters. The van der Waals surface area contributed by atoms with Gasteiger partial charge in [-0.2, -0.15) is 5.26 Å². The van der Waals surface area contributed by atoms with Gasteiger partial charge < -0.3 is 9.88 Å². The molecule has 4 nitrogen and oxygen atoms in total. The van der Waals surface area contributed by atoms with E-state index in [1.165, 1.54) is 0 Å². The van der Waals surface area contributed by atoms with E-state index in [0.29, 0.717) is 0 Å². The van der Waals surface area contributed by atoms with Gasteiger partial charge in [-0.25, -0.2) is 4.98 Å². The predicted octanol–water partition coefficient (Wildman–Crippen LogP) is 3.45. The molecule has 1 heterocycles. The van der Waals surface area contributed by atoms with Crippen LogP contribution in [0.25, 0.3) is 0 Å². The lowest BCUT2D eigenvalue weighted by molar-refractivity contribution is 0.570. The van der Waals surface area contributed by atoms with Gasteiger partial charge in [-0.1, -0.05) is 18.2 Å². The Bertz CT molecular complexity index is 592. The van der Waals surface area contributed by atoms with Crippen molar-refractivity contribution in [3.8, 4) is 6.07 Å². The van der Waals surface area contributed by atoms with Gasteiger partial charge in [0.15, 0.2) is 6.04 Å². The van der Waals surface area contributed by atoms with Crippen molar-refractivity contribution < 1.29 is 0 Å². The van der Waals surface area contributed by atoms with Crippen molar-refractivity contribution in [1.82, 2.24) is 9.55 Å². The number of aryl methyl sites for hydroxylation is 1. The van der Waals surface area contributed by atoms with E-state index in [4.69, 9.17) is 0 Å². The highest BCUT2D eigenvalue weighted by Crippen LogP contribution is 2.23. The highest BCUT2D eigenvalue weighted by molar-refractivity contribution is 5.52. The van der Waals surface area contributed by atoms with Crippen molar-refractivity contribution in [3.63, 3.8) is 0 Å². The molecular weight excluding hydrogens is 236 g/mol. The van der Waals surface area contributed by atoms with Gasteiger partial charge in [-0.15, -0.1) is 0 Å². The largest absolute Gasteiger partial charge is 0.365 e. The first-order chi connectivity index (χ1) is 9.13. The second-order valence-corrected chi connectivity index (χ2v) is 4.84. The molecule has 98 valence electrons. The van der Waals surface area contributed by atoms with E-state index in [-0.39, 0.29) is 6.04 Å². The fourth-order valence-electron chi connectivity index (χ4n) is 2.03. The monoisotopic (exact) mass is 254 g/mol. The van der Waals surface area contributed by atoms with Gasteiger partial charge in [-0.05, 0) is 32.4 Å². The fraction of sp³-hybridized carbons (Fsp3) is 0.333. The number of rotatable bonds is 4. The third kappa shape index (κ3) is 2.76. The Kier molecular flexibility index (Phi) is 3.86. The van der Waals surface area contributed by atoms with Gasteiger partial charge in [0.05, 0.1) is 24.3 Å². The molecule has 0 fully saturated rings. The molecule has 0 amide bonds. The van der Waals surface area contributed by atoms with Crippen molar-refractivity contribution in [2.75, 3.05) is 5.32 Å². The Hall–Kier alpha value is -2.28. The van der Waals surface area contributed by atoms with E-state index in [9.17, 15) is 5.26 Å². The number of nitrogens with zero attached hydrogens (tertiary/aromatic N) is 3. The summed E-state index contributed by atoms with van der Waals surface area (Å²) < 4.78 is 2.01. The Morgan fingerprint density at radius 1 is 1.32 bits per heavy atom. The molecule has 1 N–H and O–H groups in total. The number of hydrogen-bond donors (Lipinski definition) is 1. The maximum atomic E-state index is 9.40. The molecular formula is C15H18N4. The minimum Gasteiger partial charge on any atom is -0.365 e. The number of nitrogens with one attached hydrogen (secondary N) is 1. The van der Waals surface area contributed by atoms with Gasteiger partial charge >= 0.3 is 0 Å². The lowest BCUT2D eigenvalue weighted by Crippen LogP contribution is -2.15. The molecule has 0 saturated carbocycles. The minimum absolute atomic E-state index is 0.284. The number of aromatic nitrogens is 2. The number of hydrogen-bond acceptors (Lipinski definition) is 3. The Morgan fingerprint density at radius 3 is 2.68 bits per heavy atom. The van der Waals surface area contributed by atoms with Crippen LogP contribution in [0.15, 0.2) is 36.8 Å². The van der Waals surface area contributed by atoms with Crippen molar-refractivity contribution >= 4 is 5.69 Å². The molecule has 0 saturated heterocycles. The summed E-state index contributed by atoms with van der Waals surface area (Å²) in [5, 5.41) is 12.7. The van der Waals surface area contributed by atoms with E-state index < -0.39 is 6.04 Å². The average molecular weight is 254 g/mol. The predicted molar refractivity (Wildman–Crippen MR) is 75.8 cm³/mol. The molecule has 4 heteroatoms. The number of para-hydroxylation sites is 1. The Morgan fingerprint density at radius 2 is 2.05 bits per heavy atom. The summed E-state index contributed by atoms with van der Waals surface area (Å²) in [5.74, 6) is 0. The van der Waals surface area contributed by atoms with E-state index in [1.807, 2.05) is 35.8 Å². The lowest BCUT2D eigenvalue weighted by atomic mass is 10.1. The van der Waals surface area contributed by atoms with Crippen LogP contribution in [0.1, 0.15) is 37.2 Å². The summed E-state index contributed by atoms with van der Waals surface area (Å²) in [6.07, 6.45) is 3.52. The van der Waals surface area contributed by atoms with Crippen LogP contribution in [0, 0.1) is 18.3 Å². The van der Waals surface area contributed by atoms with Crippen LogP contribution in [0.2, 0.25) is 0 Å². The van der Waals surface area contributed by atoms with Crippen LogP contribution in [0.3, 0.4) is 0 Å². The quantitative estimate of drug-likeness (QED) is 0.909. The van der Waals surface area contributed by atoms with E-state index in [0.717, 1.165) is 16.9 Å². The number of benzene rings is 1. The lowest BCUT2D eigenvalue weighted by Gasteiger charge is -2.18. The number of imidazole rings is 1. The number of anilines is 1. The highest BCUT2D eigenvalue weighted by atomic mass is 15.1. The first-order valence-corrected chi connectivity index (χ1v) is 6.37. The van der Waals surface area contributed by atoms with Crippen LogP contribution >= 0.6 is 0 Å². The molecule has 19 heavy (non-hydrogen) atoms. The molecule has 2 rings (SSSR count). The zero-order chi connectivity index (χ0) is 13.8. The standard InChI is InChI=1S/C15H18N4/c1-11(2)19-10-17-9-15(19)14(8-16)18-13-7-5-4-6-12(13)3/h4-7,9-11,14,18H,1-3H3. The topological polar surface area (TPSA) is 53.6 Å². The van der Waals surface area contributed by atoms with Crippen molar-refractivity contribution in [2.24, 2.45) is 0 Å². The molecule has 0 aliphatic carbocycles. The molecule has 1 aromatic heterocycles. The smallest absolute Gasteiger partial charge is 0.156 e. The van der Waals surface area contributed by atoms with E-state index >= 15 is 0 Å². The minimum atomic E-state index is -0.397. The van der Waals surface area contributed by atoms with Gasteiger partial charge in [0.1, 0.15) is 0 Å². The van der Waals surface area contributed by atoms with Crippen molar-refractivity contribution in [1.29, 1.82) is 5.26 Å². The molecule has 0 aliphatic heterocycles. The van der Waals surface area contributed by atoms with Crippen LogP contribution in [0.5, 0.6) is 0 Å². The van der Waals surface area contributed by atoms with Gasteiger partial charge in [-0.3, -0.25) is 0 Å². The molecule has 1 aromatic carbocycles. The summed E-state index contributed by atoms with van der Waals surface area (Å²) in [6, 6.07) is 10.1. The Balaban J connectivity index is 2.29. The first-order valence-electron chi connectivity index (χ1n) is 6.37. The molecule has 1 atom stereocenters. The molecule has 2 aromatic rings. The second kappa shape index (κ2) is 5.57. The van der Waals surface area contributed by atoms with Crippen molar-refractivity contribution in [3.05, 3.63) is 48.0 Å². The summed E-state index contributed by atoms with van der Waals surface area (Å²) in [7, 11) is 0. The summed E-state index contributed by atoms with van der Waals surface area (Å²) in [4.78, 5) is 4.15. The molecule has 0 bridgehead atoms. The molecule has 0 radical (unpaired) electrons. The second-order valence-electron chi connectivity index (χ2n) is 4.84. The highest BCUT2D eigenvalue weighted by Gasteiger charge is 2.17. The zero-order valence-corrected chi connectivity index (χ0v) is 11.5. The maximum absolute atomic E-state index is 9.40. The fourth-order valence-corrected chi connectivity index (χ4v) is 2.03. The normalized spacial score (nSPS) is 12.2. The van der Waals surface area contributed by atoms with Crippen LogP contribution < -0.4 is 5.32 Å². The summed E-state index contributed by atoms with van der Waals surface area (Å²) in [6.45, 7) is 6.18. The van der Waals surface area contributed by atoms with E-state index in [2.05, 4.69) is 30.2 Å². The van der Waals surface area contributed by atoms with E-state index in [1.54, 1.807) is 12.5 Å². The molecule has 0 aliphatic rings. The number of nitriles is 1. The van der Waals surface area contributed by atoms with Gasteiger partial charge in [0, 0.05) is 11.7 Å². The SMILES string of the molecule is Cc1ccccc1NC(C#N)c1cncn1C(C)C. The maximum Gasteiger partial charge on any atom is 0.156 e. The van der Waals surface area contributed by atoms with Gasteiger partial charge in [0.25, 0.3) is 0 Å². The Labute approximate surface area is 113 Å². The summed E-state index contributed by atoms with van der Waals surface area (Å²) >= 11 is 0. The summed E-state index contributed by atoms with van der Waals surface area (Å²) in [5.41, 5.74) is 2.99. The van der Waals surface area contributed by atoms with Crippen LogP contribution in [-0.4, -0.2) is 9.55 Å². The average Bonchev–Trinajstić information content (AvgIpc) is 2.87. The third-order valence-electron chi connectivity index (χ3n) is 3.12. The third-order valence-corrected chi connectivity index (χ3v) is 3.12. The first kappa shape index (κ1) is 13.2. The zero-order valence-electron chi connectivity index (χ0n) is 11.5. The van der Waals surface area contributed by atoms with Gasteiger partial charge in [0.2, 0.25) is 0 Å². The molecule has 0 spiro atoms. The van der Waals surface area contributed by atoms with Crippen molar-refractivity contribution in [2.45, 2.75) is 32.9 Å². The van der Waals surface area contributed by atoms with Crippen LogP contribution in [0.4, 0.5) is 5.69 Å². The van der Waals surface area contributed by atoms with Crippen LogP contribution in [-0.2, 0) is 0 Å².